The SMILES string of the molecule is COCCCNC(=O)Nc1ccc(N(C)C)nc1. The molecule has 0 atom stereocenters. The Balaban J connectivity index is 2.35. The van der Waals surface area contributed by atoms with E-state index in [4.69, 9.17) is 4.74 Å². The van der Waals surface area contributed by atoms with Crippen molar-refractivity contribution >= 4 is 17.5 Å². The molecule has 2 amide bonds. The standard InChI is InChI=1S/C12H20N4O2/c1-16(2)11-6-5-10(9-14-11)15-12(17)13-7-4-8-18-3/h5-6,9H,4,7-8H2,1-3H3,(H2,13,15,17). The molecule has 0 aliphatic heterocycles. The van der Waals surface area contributed by atoms with Crippen molar-refractivity contribution in [3.05, 3.63) is 18.3 Å². The summed E-state index contributed by atoms with van der Waals surface area (Å²) in [6, 6.07) is 3.43. The van der Waals surface area contributed by atoms with Gasteiger partial charge in [-0.15, -0.1) is 0 Å². The van der Waals surface area contributed by atoms with Gasteiger partial charge in [0, 0.05) is 34.4 Å². The van der Waals surface area contributed by atoms with Gasteiger partial charge in [-0.2, -0.15) is 0 Å². The Morgan fingerprint density at radius 3 is 2.78 bits per heavy atom. The summed E-state index contributed by atoms with van der Waals surface area (Å²) in [6.45, 7) is 1.22. The molecule has 6 heteroatoms. The van der Waals surface area contributed by atoms with E-state index in [1.165, 1.54) is 0 Å². The van der Waals surface area contributed by atoms with Crippen LogP contribution < -0.4 is 15.5 Å². The minimum Gasteiger partial charge on any atom is -0.385 e. The van der Waals surface area contributed by atoms with Crippen molar-refractivity contribution in [1.82, 2.24) is 10.3 Å². The molecule has 18 heavy (non-hydrogen) atoms. The van der Waals surface area contributed by atoms with Crippen LogP contribution in [0.15, 0.2) is 18.3 Å². The van der Waals surface area contributed by atoms with E-state index in [0.717, 1.165) is 12.2 Å². The number of nitrogens with one attached hydrogen (secondary N) is 2. The smallest absolute Gasteiger partial charge is 0.319 e. The number of methoxy groups -OCH3 is 1. The Morgan fingerprint density at radius 1 is 1.44 bits per heavy atom. The summed E-state index contributed by atoms with van der Waals surface area (Å²) >= 11 is 0. The molecule has 0 aromatic carbocycles. The maximum atomic E-state index is 11.5. The minimum absolute atomic E-state index is 0.231. The molecule has 0 aliphatic rings. The van der Waals surface area contributed by atoms with Gasteiger partial charge in [0.1, 0.15) is 5.82 Å². The number of carbonyl (C=O) groups is 1. The molecule has 1 heterocycles. The van der Waals surface area contributed by atoms with Crippen LogP contribution in [0.25, 0.3) is 0 Å². The van der Waals surface area contributed by atoms with Gasteiger partial charge in [0.2, 0.25) is 0 Å². The molecule has 1 aromatic rings. The third-order valence-corrected chi connectivity index (χ3v) is 2.27. The van der Waals surface area contributed by atoms with Gasteiger partial charge < -0.3 is 20.3 Å². The highest BCUT2D eigenvalue weighted by atomic mass is 16.5. The van der Waals surface area contributed by atoms with Crippen molar-refractivity contribution in [3.63, 3.8) is 0 Å². The lowest BCUT2D eigenvalue weighted by molar-refractivity contribution is 0.194. The monoisotopic (exact) mass is 252 g/mol. The summed E-state index contributed by atoms with van der Waals surface area (Å²) < 4.78 is 4.89. The van der Waals surface area contributed by atoms with Gasteiger partial charge in [-0.1, -0.05) is 0 Å². The minimum atomic E-state index is -0.231. The van der Waals surface area contributed by atoms with Crippen LogP contribution in [0.1, 0.15) is 6.42 Å². The third-order valence-electron chi connectivity index (χ3n) is 2.27. The lowest BCUT2D eigenvalue weighted by Crippen LogP contribution is -2.30. The highest BCUT2D eigenvalue weighted by Gasteiger charge is 2.02. The second kappa shape index (κ2) is 7.50. The summed E-state index contributed by atoms with van der Waals surface area (Å²) in [6.07, 6.45) is 2.42. The van der Waals surface area contributed by atoms with E-state index in [1.54, 1.807) is 13.3 Å². The Bertz CT molecular complexity index is 365. The van der Waals surface area contributed by atoms with Crippen LogP contribution in [0.3, 0.4) is 0 Å². The Morgan fingerprint density at radius 2 is 2.22 bits per heavy atom. The van der Waals surface area contributed by atoms with Gasteiger partial charge in [0.05, 0.1) is 11.9 Å². The van der Waals surface area contributed by atoms with Crippen LogP contribution in [0.5, 0.6) is 0 Å². The quantitative estimate of drug-likeness (QED) is 0.749. The molecule has 0 unspecified atom stereocenters. The van der Waals surface area contributed by atoms with E-state index in [0.29, 0.717) is 18.8 Å². The van der Waals surface area contributed by atoms with Crippen molar-refractivity contribution in [3.8, 4) is 0 Å². The number of aromatic nitrogens is 1. The first kappa shape index (κ1) is 14.2. The van der Waals surface area contributed by atoms with Gasteiger partial charge in [0.15, 0.2) is 0 Å². The maximum absolute atomic E-state index is 11.5. The molecule has 0 saturated carbocycles. The number of pyridine rings is 1. The van der Waals surface area contributed by atoms with Gasteiger partial charge in [-0.25, -0.2) is 9.78 Å². The first-order valence-corrected chi connectivity index (χ1v) is 5.80. The molecule has 0 radical (unpaired) electrons. The second-order valence-corrected chi connectivity index (χ2v) is 4.03. The number of amides is 2. The number of hydrogen-bond donors (Lipinski definition) is 2. The molecular weight excluding hydrogens is 232 g/mol. The average molecular weight is 252 g/mol. The Hall–Kier alpha value is -1.82. The Kier molecular flexibility index (Phi) is 5.93. The molecule has 6 nitrogen and oxygen atoms in total. The van der Waals surface area contributed by atoms with Crippen LogP contribution in [-0.2, 0) is 4.74 Å². The normalized spacial score (nSPS) is 9.94. The summed E-state index contributed by atoms with van der Waals surface area (Å²) in [5.74, 6) is 0.848. The number of carbonyl (C=O) groups excluding carboxylic acids is 1. The molecule has 0 saturated heterocycles. The van der Waals surface area contributed by atoms with Crippen LogP contribution in [0, 0.1) is 0 Å². The molecule has 0 bridgehead atoms. The Labute approximate surface area is 107 Å². The van der Waals surface area contributed by atoms with Crippen molar-refractivity contribution in [1.29, 1.82) is 0 Å². The van der Waals surface area contributed by atoms with Crippen molar-refractivity contribution in [2.45, 2.75) is 6.42 Å². The number of rotatable bonds is 6. The largest absolute Gasteiger partial charge is 0.385 e. The number of urea groups is 1. The van der Waals surface area contributed by atoms with Crippen LogP contribution in [0.4, 0.5) is 16.3 Å². The van der Waals surface area contributed by atoms with Gasteiger partial charge in [-0.3, -0.25) is 0 Å². The fraction of sp³-hybridized carbons (Fsp3) is 0.500. The van der Waals surface area contributed by atoms with E-state index in [1.807, 2.05) is 31.1 Å². The molecule has 0 fully saturated rings. The number of anilines is 2. The summed E-state index contributed by atoms with van der Waals surface area (Å²) in [4.78, 5) is 17.6. The topological polar surface area (TPSA) is 66.5 Å². The van der Waals surface area contributed by atoms with Crippen LogP contribution >= 0.6 is 0 Å². The third kappa shape index (κ3) is 5.01. The highest BCUT2D eigenvalue weighted by molar-refractivity contribution is 5.89. The lowest BCUT2D eigenvalue weighted by Gasteiger charge is -2.12. The van der Waals surface area contributed by atoms with Crippen molar-refractivity contribution in [2.24, 2.45) is 0 Å². The van der Waals surface area contributed by atoms with Gasteiger partial charge >= 0.3 is 6.03 Å². The molecule has 2 N–H and O–H groups in total. The van der Waals surface area contributed by atoms with Crippen LogP contribution in [0.2, 0.25) is 0 Å². The molecule has 100 valence electrons. The zero-order valence-electron chi connectivity index (χ0n) is 11.1. The van der Waals surface area contributed by atoms with E-state index in [9.17, 15) is 4.79 Å². The highest BCUT2D eigenvalue weighted by Crippen LogP contribution is 2.11. The second-order valence-electron chi connectivity index (χ2n) is 4.03. The van der Waals surface area contributed by atoms with Crippen molar-refractivity contribution in [2.75, 3.05) is 44.6 Å². The summed E-state index contributed by atoms with van der Waals surface area (Å²) in [7, 11) is 5.47. The molecule has 0 spiro atoms. The zero-order valence-corrected chi connectivity index (χ0v) is 11.1. The predicted molar refractivity (Wildman–Crippen MR) is 72.1 cm³/mol. The average Bonchev–Trinajstić information content (AvgIpc) is 2.35. The number of nitrogens with zero attached hydrogens (tertiary/aromatic N) is 2. The van der Waals surface area contributed by atoms with E-state index in [2.05, 4.69) is 15.6 Å². The van der Waals surface area contributed by atoms with E-state index >= 15 is 0 Å². The number of ether oxygens (including phenoxy) is 1. The first-order chi connectivity index (χ1) is 8.63. The number of hydrogen-bond acceptors (Lipinski definition) is 4. The van der Waals surface area contributed by atoms with E-state index in [-0.39, 0.29) is 6.03 Å². The lowest BCUT2D eigenvalue weighted by atomic mass is 10.4. The van der Waals surface area contributed by atoms with Crippen LogP contribution in [-0.4, -0.2) is 45.4 Å². The van der Waals surface area contributed by atoms with Gasteiger partial charge in [0.25, 0.3) is 0 Å². The predicted octanol–water partition coefficient (Wildman–Crippen LogP) is 1.31. The summed E-state index contributed by atoms with van der Waals surface area (Å²) in [5, 5.41) is 5.45. The van der Waals surface area contributed by atoms with E-state index < -0.39 is 0 Å². The summed E-state index contributed by atoms with van der Waals surface area (Å²) in [5.41, 5.74) is 0.671. The fourth-order valence-corrected chi connectivity index (χ4v) is 1.32. The first-order valence-electron chi connectivity index (χ1n) is 5.80. The molecule has 1 aromatic heterocycles. The van der Waals surface area contributed by atoms with Crippen molar-refractivity contribution < 1.29 is 9.53 Å². The maximum Gasteiger partial charge on any atom is 0.319 e. The molecule has 1 rings (SSSR count). The van der Waals surface area contributed by atoms with Gasteiger partial charge in [-0.05, 0) is 18.6 Å². The molecular formula is C12H20N4O2. The molecule has 0 aliphatic carbocycles. The zero-order chi connectivity index (χ0) is 13.4. The fourth-order valence-electron chi connectivity index (χ4n) is 1.32.